The monoisotopic (exact) mass is 422 g/mol. The molecule has 2 heterocycles. The van der Waals surface area contributed by atoms with Crippen LogP contribution >= 0.6 is 11.6 Å². The Bertz CT molecular complexity index is 1140. The average molecular weight is 423 g/mol. The second-order valence-electron chi connectivity index (χ2n) is 9.72. The highest BCUT2D eigenvalue weighted by Crippen LogP contribution is 2.52. The summed E-state index contributed by atoms with van der Waals surface area (Å²) in [5.41, 5.74) is 3.20. The molecule has 5 heteroatoms. The zero-order chi connectivity index (χ0) is 20.5. The maximum absolute atomic E-state index is 12.3. The van der Waals surface area contributed by atoms with Crippen LogP contribution in [0.4, 0.5) is 0 Å². The number of hydrogen-bond donors (Lipinski definition) is 3. The van der Waals surface area contributed by atoms with Gasteiger partial charge in [0.15, 0.2) is 0 Å². The van der Waals surface area contributed by atoms with Crippen LogP contribution in [0.2, 0.25) is 5.02 Å². The standard InChI is InChI=1S/C25H27ClN2O2/c26-18-6-7-22-20(11-18)21-12-25(30)15-28(14-16-4-5-16)9-8-24(25,13-23(21)27-22)17-2-1-3-19(29)10-17/h1-3,6-7,10-11,16,27,29-30H,4-5,8-9,12-15H2. The lowest BCUT2D eigenvalue weighted by molar-refractivity contribution is -0.103. The van der Waals surface area contributed by atoms with Gasteiger partial charge in [-0.3, -0.25) is 0 Å². The van der Waals surface area contributed by atoms with Gasteiger partial charge in [-0.2, -0.15) is 0 Å². The third-order valence-corrected chi connectivity index (χ3v) is 7.98. The number of aromatic amines is 1. The van der Waals surface area contributed by atoms with E-state index in [1.807, 2.05) is 30.3 Å². The number of rotatable bonds is 3. The maximum Gasteiger partial charge on any atom is 0.115 e. The second-order valence-corrected chi connectivity index (χ2v) is 10.2. The van der Waals surface area contributed by atoms with Crippen molar-refractivity contribution in [2.24, 2.45) is 5.92 Å². The number of likely N-dealkylation sites (tertiary alicyclic amines) is 1. The molecule has 1 aromatic heterocycles. The fourth-order valence-electron chi connectivity index (χ4n) is 6.02. The van der Waals surface area contributed by atoms with Crippen molar-refractivity contribution in [1.29, 1.82) is 0 Å². The predicted molar refractivity (Wildman–Crippen MR) is 119 cm³/mol. The molecule has 30 heavy (non-hydrogen) atoms. The molecule has 0 spiro atoms. The molecule has 4 nitrogen and oxygen atoms in total. The lowest BCUT2D eigenvalue weighted by atomic mass is 9.56. The van der Waals surface area contributed by atoms with Crippen molar-refractivity contribution in [3.8, 4) is 5.75 Å². The maximum atomic E-state index is 12.3. The number of fused-ring (bicyclic) bond motifs is 4. The number of aromatic nitrogens is 1. The van der Waals surface area contributed by atoms with Crippen molar-refractivity contribution < 1.29 is 10.2 Å². The largest absolute Gasteiger partial charge is 0.508 e. The minimum atomic E-state index is -0.891. The number of phenolic OH excluding ortho intramolecular Hbond substituents is 1. The normalized spacial score (nSPS) is 29.0. The molecule has 0 bridgehead atoms. The fraction of sp³-hybridized carbons (Fsp3) is 0.440. The molecular weight excluding hydrogens is 396 g/mol. The number of β-amino-alcohol motifs (C(OH)–C–C–N with tert-alkyl or cyclic N) is 1. The van der Waals surface area contributed by atoms with Gasteiger partial charge in [0.2, 0.25) is 0 Å². The Kier molecular flexibility index (Phi) is 4.05. The van der Waals surface area contributed by atoms with Crippen LogP contribution in [0.3, 0.4) is 0 Å². The molecule has 3 aliphatic rings. The Hall–Kier alpha value is -2.01. The molecule has 1 saturated carbocycles. The molecule has 2 unspecified atom stereocenters. The first kappa shape index (κ1) is 18.7. The van der Waals surface area contributed by atoms with Crippen molar-refractivity contribution in [2.45, 2.75) is 43.1 Å². The zero-order valence-corrected chi connectivity index (χ0v) is 17.8. The number of halogens is 1. The van der Waals surface area contributed by atoms with E-state index < -0.39 is 11.0 Å². The van der Waals surface area contributed by atoms with Crippen molar-refractivity contribution in [2.75, 3.05) is 19.6 Å². The second kappa shape index (κ2) is 6.49. The smallest absolute Gasteiger partial charge is 0.115 e. The molecule has 6 rings (SSSR count). The van der Waals surface area contributed by atoms with E-state index in [0.717, 1.165) is 53.3 Å². The number of hydrogen-bond acceptors (Lipinski definition) is 3. The van der Waals surface area contributed by atoms with E-state index in [9.17, 15) is 10.2 Å². The molecular formula is C25H27ClN2O2. The molecule has 2 aromatic carbocycles. The minimum Gasteiger partial charge on any atom is -0.508 e. The van der Waals surface area contributed by atoms with E-state index in [0.29, 0.717) is 13.0 Å². The third-order valence-electron chi connectivity index (χ3n) is 7.75. The summed E-state index contributed by atoms with van der Waals surface area (Å²) in [4.78, 5) is 6.07. The highest BCUT2D eigenvalue weighted by molar-refractivity contribution is 6.31. The first-order valence-electron chi connectivity index (χ1n) is 11.0. The van der Waals surface area contributed by atoms with Gasteiger partial charge in [-0.25, -0.2) is 0 Å². The third kappa shape index (κ3) is 2.81. The summed E-state index contributed by atoms with van der Waals surface area (Å²) >= 11 is 6.31. The Morgan fingerprint density at radius 1 is 1.13 bits per heavy atom. The average Bonchev–Trinajstić information content (AvgIpc) is 3.47. The van der Waals surface area contributed by atoms with Gasteiger partial charge < -0.3 is 20.1 Å². The molecule has 2 aliphatic carbocycles. The first-order valence-corrected chi connectivity index (χ1v) is 11.4. The van der Waals surface area contributed by atoms with Gasteiger partial charge in [0, 0.05) is 53.0 Å². The number of benzene rings is 2. The number of H-pyrrole nitrogens is 1. The van der Waals surface area contributed by atoms with Gasteiger partial charge in [-0.1, -0.05) is 23.7 Å². The molecule has 0 radical (unpaired) electrons. The van der Waals surface area contributed by atoms with E-state index >= 15 is 0 Å². The van der Waals surface area contributed by atoms with Gasteiger partial charge in [0.25, 0.3) is 0 Å². The topological polar surface area (TPSA) is 59.5 Å². The molecule has 156 valence electrons. The summed E-state index contributed by atoms with van der Waals surface area (Å²) in [7, 11) is 0. The summed E-state index contributed by atoms with van der Waals surface area (Å²) in [6.45, 7) is 2.74. The number of aromatic hydroxyl groups is 1. The minimum absolute atomic E-state index is 0.263. The van der Waals surface area contributed by atoms with Crippen LogP contribution in [-0.4, -0.2) is 45.3 Å². The van der Waals surface area contributed by atoms with E-state index in [4.69, 9.17) is 11.6 Å². The number of aliphatic hydroxyl groups is 1. The van der Waals surface area contributed by atoms with Crippen LogP contribution in [0, 0.1) is 5.92 Å². The highest BCUT2D eigenvalue weighted by Gasteiger charge is 2.57. The van der Waals surface area contributed by atoms with Gasteiger partial charge >= 0.3 is 0 Å². The Morgan fingerprint density at radius 2 is 2.00 bits per heavy atom. The first-order chi connectivity index (χ1) is 14.5. The van der Waals surface area contributed by atoms with Crippen molar-refractivity contribution in [3.63, 3.8) is 0 Å². The lowest BCUT2D eigenvalue weighted by Gasteiger charge is -2.56. The van der Waals surface area contributed by atoms with Crippen LogP contribution in [0.15, 0.2) is 42.5 Å². The Morgan fingerprint density at radius 3 is 2.80 bits per heavy atom. The van der Waals surface area contributed by atoms with Crippen LogP contribution in [0.25, 0.3) is 10.9 Å². The fourth-order valence-corrected chi connectivity index (χ4v) is 6.19. The highest BCUT2D eigenvalue weighted by atomic mass is 35.5. The van der Waals surface area contributed by atoms with E-state index in [1.54, 1.807) is 6.07 Å². The van der Waals surface area contributed by atoms with Crippen molar-refractivity contribution in [1.82, 2.24) is 9.88 Å². The summed E-state index contributed by atoms with van der Waals surface area (Å²) in [5.74, 6) is 1.06. The number of nitrogens with zero attached hydrogens (tertiary/aromatic N) is 1. The molecule has 3 aromatic rings. The number of nitrogens with one attached hydrogen (secondary N) is 1. The molecule has 0 amide bonds. The van der Waals surface area contributed by atoms with E-state index in [2.05, 4.69) is 16.0 Å². The van der Waals surface area contributed by atoms with Gasteiger partial charge in [0.05, 0.1) is 5.60 Å². The van der Waals surface area contributed by atoms with Crippen LogP contribution < -0.4 is 0 Å². The Labute approximate surface area is 181 Å². The number of phenols is 1. The van der Waals surface area contributed by atoms with Gasteiger partial charge in [0.1, 0.15) is 5.75 Å². The van der Waals surface area contributed by atoms with E-state index in [1.165, 1.54) is 24.1 Å². The molecule has 1 saturated heterocycles. The van der Waals surface area contributed by atoms with Crippen LogP contribution in [0.5, 0.6) is 5.75 Å². The Balaban J connectivity index is 1.50. The summed E-state index contributed by atoms with van der Waals surface area (Å²) in [6, 6.07) is 13.5. The summed E-state index contributed by atoms with van der Waals surface area (Å²) < 4.78 is 0. The predicted octanol–water partition coefficient (Wildman–Crippen LogP) is 4.41. The SMILES string of the molecule is Oc1cccc(C23CCN(CC4CC4)CC2(O)Cc2c([nH]c4ccc(Cl)cc24)C3)c1. The van der Waals surface area contributed by atoms with Crippen LogP contribution in [0.1, 0.15) is 36.1 Å². The van der Waals surface area contributed by atoms with E-state index in [-0.39, 0.29) is 5.75 Å². The molecule has 2 atom stereocenters. The summed E-state index contributed by atoms with van der Waals surface area (Å²) in [5, 5.41) is 24.4. The molecule has 2 fully saturated rings. The molecule has 1 aliphatic heterocycles. The van der Waals surface area contributed by atoms with Crippen molar-refractivity contribution >= 4 is 22.5 Å². The number of piperidine rings is 1. The van der Waals surface area contributed by atoms with Gasteiger partial charge in [-0.15, -0.1) is 0 Å². The lowest BCUT2D eigenvalue weighted by Crippen LogP contribution is -2.66. The van der Waals surface area contributed by atoms with Crippen molar-refractivity contribution in [3.05, 3.63) is 64.3 Å². The van der Waals surface area contributed by atoms with Gasteiger partial charge in [-0.05, 0) is 73.2 Å². The summed E-state index contributed by atoms with van der Waals surface area (Å²) in [6.07, 6.45) is 4.86. The quantitative estimate of drug-likeness (QED) is 0.586. The zero-order valence-electron chi connectivity index (χ0n) is 17.0. The molecule has 3 N–H and O–H groups in total. The van der Waals surface area contributed by atoms with Crippen LogP contribution in [-0.2, 0) is 18.3 Å².